The summed E-state index contributed by atoms with van der Waals surface area (Å²) in [5, 5.41) is 12.9. The first kappa shape index (κ1) is 20.2. The van der Waals surface area contributed by atoms with Gasteiger partial charge in [0.25, 0.3) is 0 Å². The molecule has 2 aromatic rings. The van der Waals surface area contributed by atoms with Crippen LogP contribution in [-0.4, -0.2) is 32.0 Å². The number of hydrogen-bond acceptors (Lipinski definition) is 4. The lowest BCUT2D eigenvalue weighted by atomic mass is 9.78. The largest absolute Gasteiger partial charge is 0.352 e. The summed E-state index contributed by atoms with van der Waals surface area (Å²) < 4.78 is 1.89. The molecule has 0 spiro atoms. The second kappa shape index (κ2) is 8.65. The molecule has 0 radical (unpaired) electrons. The van der Waals surface area contributed by atoms with Gasteiger partial charge in [0.15, 0.2) is 11.0 Å². The van der Waals surface area contributed by atoms with Crippen LogP contribution in [0.2, 0.25) is 5.02 Å². The number of nitrogens with zero attached hydrogens (tertiary/aromatic N) is 3. The lowest BCUT2D eigenvalue weighted by molar-refractivity contribution is -0.121. The Morgan fingerprint density at radius 3 is 2.78 bits per heavy atom. The van der Waals surface area contributed by atoms with Crippen molar-refractivity contribution >= 4 is 29.3 Å². The molecule has 27 heavy (non-hydrogen) atoms. The van der Waals surface area contributed by atoms with Gasteiger partial charge in [-0.2, -0.15) is 0 Å². The highest BCUT2D eigenvalue weighted by atomic mass is 35.5. The van der Waals surface area contributed by atoms with Crippen LogP contribution in [0.25, 0.3) is 11.4 Å². The Balaban J connectivity index is 1.67. The third kappa shape index (κ3) is 4.49. The minimum atomic E-state index is -0.239. The SMILES string of the molecule is C[C@H]1[C@H](C)CCC[C@H]1NC(=O)[C@H](C)Sc1nnc(-c2ccccc2Cl)n1C. The molecule has 3 rings (SSSR count). The van der Waals surface area contributed by atoms with E-state index >= 15 is 0 Å². The minimum Gasteiger partial charge on any atom is -0.352 e. The molecule has 0 bridgehead atoms. The van der Waals surface area contributed by atoms with Crippen LogP contribution in [0.3, 0.4) is 0 Å². The van der Waals surface area contributed by atoms with Gasteiger partial charge in [0.05, 0.1) is 10.3 Å². The van der Waals surface area contributed by atoms with Crippen molar-refractivity contribution in [3.8, 4) is 11.4 Å². The minimum absolute atomic E-state index is 0.0632. The van der Waals surface area contributed by atoms with Crippen LogP contribution in [-0.2, 0) is 11.8 Å². The lowest BCUT2D eigenvalue weighted by Crippen LogP contribution is -2.46. The number of amides is 1. The van der Waals surface area contributed by atoms with E-state index in [4.69, 9.17) is 11.6 Å². The van der Waals surface area contributed by atoms with Gasteiger partial charge in [0.2, 0.25) is 5.91 Å². The van der Waals surface area contributed by atoms with Crippen molar-refractivity contribution in [2.45, 2.75) is 56.5 Å². The molecule has 1 amide bonds. The van der Waals surface area contributed by atoms with Gasteiger partial charge in [-0.1, -0.05) is 62.2 Å². The van der Waals surface area contributed by atoms with Gasteiger partial charge in [-0.15, -0.1) is 10.2 Å². The highest BCUT2D eigenvalue weighted by molar-refractivity contribution is 8.00. The summed E-state index contributed by atoms with van der Waals surface area (Å²) in [4.78, 5) is 12.7. The van der Waals surface area contributed by atoms with Crippen molar-refractivity contribution in [2.24, 2.45) is 18.9 Å². The van der Waals surface area contributed by atoms with Gasteiger partial charge in [-0.3, -0.25) is 4.79 Å². The first-order chi connectivity index (χ1) is 12.9. The van der Waals surface area contributed by atoms with Crippen LogP contribution in [0, 0.1) is 11.8 Å². The summed E-state index contributed by atoms with van der Waals surface area (Å²) >= 11 is 7.70. The Bertz CT molecular complexity index is 809. The standard InChI is InChI=1S/C20H27ClN4OS/c1-12-8-7-11-17(13(12)2)22-19(26)14(3)27-20-24-23-18(25(20)4)15-9-5-6-10-16(15)21/h5-6,9-10,12-14,17H,7-8,11H2,1-4H3,(H,22,26)/t12-,13+,14+,17-/m1/s1. The maximum absolute atomic E-state index is 12.7. The Labute approximate surface area is 170 Å². The number of halogens is 1. The van der Waals surface area contributed by atoms with Gasteiger partial charge in [0.1, 0.15) is 0 Å². The number of nitrogens with one attached hydrogen (secondary N) is 1. The molecule has 1 saturated carbocycles. The number of carbonyl (C=O) groups excluding carboxylic acids is 1. The molecule has 7 heteroatoms. The Morgan fingerprint density at radius 2 is 2.04 bits per heavy atom. The number of thioether (sulfide) groups is 1. The number of benzene rings is 1. The van der Waals surface area contributed by atoms with E-state index in [-0.39, 0.29) is 17.2 Å². The van der Waals surface area contributed by atoms with Crippen molar-refractivity contribution < 1.29 is 4.79 Å². The zero-order valence-electron chi connectivity index (χ0n) is 16.3. The van der Waals surface area contributed by atoms with Crippen molar-refractivity contribution in [1.82, 2.24) is 20.1 Å². The average molecular weight is 407 g/mol. The van der Waals surface area contributed by atoms with E-state index in [0.717, 1.165) is 12.0 Å². The second-order valence-corrected chi connectivity index (χ2v) is 9.20. The molecule has 5 nitrogen and oxygen atoms in total. The summed E-state index contributed by atoms with van der Waals surface area (Å²) in [6, 6.07) is 7.83. The molecular weight excluding hydrogens is 380 g/mol. The zero-order valence-corrected chi connectivity index (χ0v) is 17.8. The fourth-order valence-corrected chi connectivity index (χ4v) is 4.64. The van der Waals surface area contributed by atoms with Gasteiger partial charge in [-0.05, 0) is 37.3 Å². The van der Waals surface area contributed by atoms with Crippen LogP contribution in [0.5, 0.6) is 0 Å². The molecule has 1 aromatic heterocycles. The van der Waals surface area contributed by atoms with E-state index in [9.17, 15) is 4.79 Å². The molecule has 0 aliphatic heterocycles. The smallest absolute Gasteiger partial charge is 0.233 e. The third-order valence-corrected chi connectivity index (χ3v) is 7.10. The lowest BCUT2D eigenvalue weighted by Gasteiger charge is -2.35. The van der Waals surface area contributed by atoms with Gasteiger partial charge >= 0.3 is 0 Å². The Kier molecular flexibility index (Phi) is 6.48. The van der Waals surface area contributed by atoms with Crippen LogP contribution < -0.4 is 5.32 Å². The van der Waals surface area contributed by atoms with E-state index < -0.39 is 0 Å². The van der Waals surface area contributed by atoms with E-state index in [1.54, 1.807) is 0 Å². The molecule has 0 unspecified atom stereocenters. The molecule has 1 heterocycles. The molecule has 0 saturated heterocycles. The molecule has 1 aliphatic rings. The van der Waals surface area contributed by atoms with Crippen molar-refractivity contribution in [2.75, 3.05) is 0 Å². The van der Waals surface area contributed by atoms with E-state index in [1.165, 1.54) is 24.6 Å². The molecule has 4 atom stereocenters. The van der Waals surface area contributed by atoms with Crippen molar-refractivity contribution in [1.29, 1.82) is 0 Å². The molecule has 1 aliphatic carbocycles. The maximum atomic E-state index is 12.7. The van der Waals surface area contributed by atoms with E-state index in [1.807, 2.05) is 42.8 Å². The molecule has 1 N–H and O–H groups in total. The highest BCUT2D eigenvalue weighted by Gasteiger charge is 2.30. The highest BCUT2D eigenvalue weighted by Crippen LogP contribution is 2.31. The van der Waals surface area contributed by atoms with Crippen LogP contribution in [0.15, 0.2) is 29.4 Å². The topological polar surface area (TPSA) is 59.8 Å². The number of hydrogen-bond donors (Lipinski definition) is 1. The van der Waals surface area contributed by atoms with Gasteiger partial charge < -0.3 is 9.88 Å². The zero-order chi connectivity index (χ0) is 19.6. The van der Waals surface area contributed by atoms with Crippen LogP contribution in [0.4, 0.5) is 0 Å². The third-order valence-electron chi connectivity index (χ3n) is 5.64. The van der Waals surface area contributed by atoms with Gasteiger partial charge in [-0.25, -0.2) is 0 Å². The Hall–Kier alpha value is -1.53. The summed E-state index contributed by atoms with van der Waals surface area (Å²) in [6.07, 6.45) is 3.50. The number of rotatable bonds is 5. The van der Waals surface area contributed by atoms with Crippen LogP contribution >= 0.6 is 23.4 Å². The van der Waals surface area contributed by atoms with Crippen molar-refractivity contribution in [3.05, 3.63) is 29.3 Å². The first-order valence-electron chi connectivity index (χ1n) is 9.49. The average Bonchev–Trinajstić information content (AvgIpc) is 3.00. The van der Waals surface area contributed by atoms with Gasteiger partial charge in [0, 0.05) is 18.7 Å². The predicted molar refractivity (Wildman–Crippen MR) is 111 cm³/mol. The molecule has 1 aromatic carbocycles. The molecule has 1 fully saturated rings. The first-order valence-corrected chi connectivity index (χ1v) is 10.8. The number of carbonyl (C=O) groups is 1. The fraction of sp³-hybridized carbons (Fsp3) is 0.550. The van der Waals surface area contributed by atoms with Crippen molar-refractivity contribution in [3.63, 3.8) is 0 Å². The summed E-state index contributed by atoms with van der Waals surface area (Å²) in [5.74, 6) is 1.93. The number of aromatic nitrogens is 3. The molecular formula is C20H27ClN4OS. The molecule has 146 valence electrons. The summed E-state index contributed by atoms with van der Waals surface area (Å²) in [7, 11) is 1.90. The normalized spacial score (nSPS) is 23.8. The van der Waals surface area contributed by atoms with E-state index in [2.05, 4.69) is 29.4 Å². The summed E-state index contributed by atoms with van der Waals surface area (Å²) in [5.41, 5.74) is 0.836. The van der Waals surface area contributed by atoms with Crippen LogP contribution in [0.1, 0.15) is 40.0 Å². The quantitative estimate of drug-likeness (QED) is 0.739. The Morgan fingerprint density at radius 1 is 1.30 bits per heavy atom. The predicted octanol–water partition coefficient (Wildman–Crippen LogP) is 4.56. The second-order valence-electron chi connectivity index (χ2n) is 7.49. The maximum Gasteiger partial charge on any atom is 0.233 e. The van der Waals surface area contributed by atoms with E-state index in [0.29, 0.717) is 27.8 Å². The fourth-order valence-electron chi connectivity index (χ4n) is 3.59. The monoisotopic (exact) mass is 406 g/mol. The summed E-state index contributed by atoms with van der Waals surface area (Å²) in [6.45, 7) is 6.43.